The molecule has 142 valence electrons. The maximum atomic E-state index is 13.5. The molecule has 1 aromatic rings. The molecule has 0 aliphatic carbocycles. The van der Waals surface area contributed by atoms with Gasteiger partial charge in [0.25, 0.3) is 0 Å². The van der Waals surface area contributed by atoms with Crippen LogP contribution in [0.5, 0.6) is 0 Å². The first-order chi connectivity index (χ1) is 11.3. The van der Waals surface area contributed by atoms with Crippen molar-refractivity contribution < 1.29 is 45.4 Å². The molecule has 1 saturated heterocycles. The lowest BCUT2D eigenvalue weighted by molar-refractivity contribution is -0.192. The molecule has 2 rings (SSSR count). The molecule has 2 atom stereocenters. The summed E-state index contributed by atoms with van der Waals surface area (Å²) in [5.74, 6) is -3.64. The standard InChI is InChI=1S/C12H13F4NO.C2HF3O2/c1-7-11(5-17-7)18-6-8-2-3-9(4-10(8)13)12(14,15)16;3-2(4,5)1(6)7/h2-4,7,11,17H,5-6H2,1H3;(H,6,7). The Morgan fingerprint density at radius 3 is 2.16 bits per heavy atom. The number of carbonyl (C=O) groups is 1. The zero-order valence-electron chi connectivity index (χ0n) is 12.7. The second kappa shape index (κ2) is 8.00. The molecule has 0 spiro atoms. The fourth-order valence-corrected chi connectivity index (χ4v) is 1.69. The minimum absolute atomic E-state index is 0.00769. The van der Waals surface area contributed by atoms with Crippen LogP contribution in [0.1, 0.15) is 18.1 Å². The van der Waals surface area contributed by atoms with Gasteiger partial charge in [0.05, 0.1) is 18.3 Å². The Labute approximate surface area is 137 Å². The van der Waals surface area contributed by atoms with E-state index < -0.39 is 29.7 Å². The minimum Gasteiger partial charge on any atom is -0.475 e. The highest BCUT2D eigenvalue weighted by Crippen LogP contribution is 2.30. The lowest BCUT2D eigenvalue weighted by atomic mass is 10.1. The summed E-state index contributed by atoms with van der Waals surface area (Å²) in [6, 6.07) is 2.68. The van der Waals surface area contributed by atoms with Gasteiger partial charge in [0.2, 0.25) is 0 Å². The summed E-state index contributed by atoms with van der Waals surface area (Å²) >= 11 is 0. The molecule has 11 heteroatoms. The van der Waals surface area contributed by atoms with Crippen LogP contribution in [0.3, 0.4) is 0 Å². The smallest absolute Gasteiger partial charge is 0.475 e. The molecule has 2 N–H and O–H groups in total. The van der Waals surface area contributed by atoms with Crippen LogP contribution < -0.4 is 5.32 Å². The predicted octanol–water partition coefficient (Wildman–Crippen LogP) is 3.35. The molecule has 1 heterocycles. The monoisotopic (exact) mass is 377 g/mol. The van der Waals surface area contributed by atoms with Gasteiger partial charge >= 0.3 is 18.3 Å². The van der Waals surface area contributed by atoms with Gasteiger partial charge in [-0.1, -0.05) is 6.07 Å². The lowest BCUT2D eigenvalue weighted by Gasteiger charge is -2.35. The largest absolute Gasteiger partial charge is 0.490 e. The van der Waals surface area contributed by atoms with E-state index in [0.717, 1.165) is 12.1 Å². The highest BCUT2D eigenvalue weighted by atomic mass is 19.4. The molecule has 0 amide bonds. The molecule has 0 bridgehead atoms. The maximum absolute atomic E-state index is 13.5. The third kappa shape index (κ3) is 6.50. The van der Waals surface area contributed by atoms with E-state index in [1.54, 1.807) is 0 Å². The van der Waals surface area contributed by atoms with Crippen molar-refractivity contribution in [1.82, 2.24) is 5.32 Å². The highest BCUT2D eigenvalue weighted by molar-refractivity contribution is 5.73. The number of rotatable bonds is 3. The molecule has 4 nitrogen and oxygen atoms in total. The fraction of sp³-hybridized carbons (Fsp3) is 0.500. The molecule has 2 unspecified atom stereocenters. The molecule has 1 aliphatic heterocycles. The van der Waals surface area contributed by atoms with E-state index >= 15 is 0 Å². The molecule has 25 heavy (non-hydrogen) atoms. The van der Waals surface area contributed by atoms with Crippen LogP contribution in [0.15, 0.2) is 18.2 Å². The zero-order valence-corrected chi connectivity index (χ0v) is 12.7. The van der Waals surface area contributed by atoms with Gasteiger partial charge < -0.3 is 15.2 Å². The van der Waals surface area contributed by atoms with Crippen LogP contribution in [-0.2, 0) is 22.3 Å². The van der Waals surface area contributed by atoms with Gasteiger partial charge in [-0.15, -0.1) is 0 Å². The summed E-state index contributed by atoms with van der Waals surface area (Å²) in [6.45, 7) is 2.60. The summed E-state index contributed by atoms with van der Waals surface area (Å²) in [6.07, 6.45) is -9.61. The number of carboxylic acids is 1. The SMILES string of the molecule is CC1NCC1OCc1ccc(C(F)(F)F)cc1F.O=C(O)C(F)(F)F. The third-order valence-electron chi connectivity index (χ3n) is 3.27. The Balaban J connectivity index is 0.000000381. The molecule has 1 aromatic carbocycles. The van der Waals surface area contributed by atoms with E-state index in [1.165, 1.54) is 0 Å². The zero-order chi connectivity index (χ0) is 19.4. The average Bonchev–Trinajstić information content (AvgIpc) is 2.46. The van der Waals surface area contributed by atoms with Crippen LogP contribution >= 0.6 is 0 Å². The number of carboxylic acid groups (broad SMARTS) is 1. The van der Waals surface area contributed by atoms with E-state index in [1.807, 2.05) is 6.92 Å². The van der Waals surface area contributed by atoms with Crippen molar-refractivity contribution in [2.75, 3.05) is 6.54 Å². The van der Waals surface area contributed by atoms with Crippen molar-refractivity contribution in [3.63, 3.8) is 0 Å². The van der Waals surface area contributed by atoms with Crippen molar-refractivity contribution in [2.45, 2.75) is 38.0 Å². The van der Waals surface area contributed by atoms with Crippen molar-refractivity contribution in [3.05, 3.63) is 35.1 Å². The van der Waals surface area contributed by atoms with Crippen molar-refractivity contribution >= 4 is 5.97 Å². The topological polar surface area (TPSA) is 58.6 Å². The summed E-state index contributed by atoms with van der Waals surface area (Å²) in [4.78, 5) is 8.90. The number of hydrogen-bond donors (Lipinski definition) is 2. The Kier molecular flexibility index (Phi) is 6.77. The number of ether oxygens (including phenoxy) is 1. The molecular weight excluding hydrogens is 363 g/mol. The van der Waals surface area contributed by atoms with Crippen LogP contribution in [0, 0.1) is 5.82 Å². The lowest BCUT2D eigenvalue weighted by Crippen LogP contribution is -2.56. The van der Waals surface area contributed by atoms with E-state index in [-0.39, 0.29) is 24.3 Å². The number of aliphatic carboxylic acids is 1. The normalized spacial score (nSPS) is 20.3. The van der Waals surface area contributed by atoms with E-state index in [2.05, 4.69) is 5.32 Å². The number of nitrogens with one attached hydrogen (secondary N) is 1. The fourth-order valence-electron chi connectivity index (χ4n) is 1.69. The van der Waals surface area contributed by atoms with Crippen LogP contribution in [-0.4, -0.2) is 35.9 Å². The maximum Gasteiger partial charge on any atom is 0.490 e. The minimum atomic E-state index is -5.08. The Bertz CT molecular complexity index is 601. The van der Waals surface area contributed by atoms with Crippen molar-refractivity contribution in [2.24, 2.45) is 0 Å². The van der Waals surface area contributed by atoms with Gasteiger partial charge in [-0.25, -0.2) is 9.18 Å². The molecule has 0 aromatic heterocycles. The van der Waals surface area contributed by atoms with Gasteiger partial charge in [0, 0.05) is 18.2 Å². The summed E-state index contributed by atoms with van der Waals surface area (Å²) in [5, 5.41) is 10.2. The van der Waals surface area contributed by atoms with Crippen molar-refractivity contribution in [3.8, 4) is 0 Å². The molecule has 0 saturated carbocycles. The number of benzene rings is 1. The number of hydrogen-bond acceptors (Lipinski definition) is 3. The predicted molar refractivity (Wildman–Crippen MR) is 71.1 cm³/mol. The Morgan fingerprint density at radius 2 is 1.84 bits per heavy atom. The quantitative estimate of drug-likeness (QED) is 0.794. The number of halogens is 7. The highest BCUT2D eigenvalue weighted by Gasteiger charge is 2.38. The molecule has 1 aliphatic rings. The second-order valence-electron chi connectivity index (χ2n) is 5.15. The van der Waals surface area contributed by atoms with Crippen LogP contribution in [0.2, 0.25) is 0 Å². The van der Waals surface area contributed by atoms with Crippen LogP contribution in [0.25, 0.3) is 0 Å². The summed E-state index contributed by atoms with van der Waals surface area (Å²) in [7, 11) is 0. The van der Waals surface area contributed by atoms with Gasteiger partial charge in [-0.05, 0) is 19.1 Å². The second-order valence-corrected chi connectivity index (χ2v) is 5.15. The van der Waals surface area contributed by atoms with Gasteiger partial charge in [0.1, 0.15) is 5.82 Å². The third-order valence-corrected chi connectivity index (χ3v) is 3.27. The van der Waals surface area contributed by atoms with E-state index in [9.17, 15) is 30.7 Å². The first-order valence-electron chi connectivity index (χ1n) is 6.83. The first-order valence-corrected chi connectivity index (χ1v) is 6.83. The Morgan fingerprint density at radius 1 is 1.28 bits per heavy atom. The van der Waals surface area contributed by atoms with Crippen molar-refractivity contribution in [1.29, 1.82) is 0 Å². The van der Waals surface area contributed by atoms with Gasteiger partial charge in [-0.3, -0.25) is 0 Å². The number of alkyl halides is 6. The van der Waals surface area contributed by atoms with Crippen LogP contribution in [0.4, 0.5) is 30.7 Å². The first kappa shape index (κ1) is 21.2. The van der Waals surface area contributed by atoms with Gasteiger partial charge in [-0.2, -0.15) is 26.3 Å². The Hall–Kier alpha value is -1.88. The molecular formula is C14H14F7NO3. The summed E-state index contributed by atoms with van der Waals surface area (Å²) < 4.78 is 87.6. The van der Waals surface area contributed by atoms with E-state index in [4.69, 9.17) is 14.6 Å². The molecule has 0 radical (unpaired) electrons. The molecule has 1 fully saturated rings. The summed E-state index contributed by atoms with van der Waals surface area (Å²) in [5.41, 5.74) is -0.843. The van der Waals surface area contributed by atoms with Gasteiger partial charge in [0.15, 0.2) is 0 Å². The average molecular weight is 377 g/mol. The van der Waals surface area contributed by atoms with E-state index in [0.29, 0.717) is 12.6 Å².